The fourth-order valence-electron chi connectivity index (χ4n) is 0.932. The molecular formula is C10H9ClF2O. The normalized spacial score (nSPS) is 25.3. The molecule has 14 heavy (non-hydrogen) atoms. The zero-order valence-corrected chi connectivity index (χ0v) is 8.28. The first-order valence-electron chi connectivity index (χ1n) is 3.99. The maximum absolute atomic E-state index is 12.9. The van der Waals surface area contributed by atoms with Gasteiger partial charge in [-0.2, -0.15) is 0 Å². The van der Waals surface area contributed by atoms with E-state index in [1.165, 1.54) is 12.2 Å². The molecule has 0 spiro atoms. The van der Waals surface area contributed by atoms with Crippen molar-refractivity contribution >= 4 is 11.6 Å². The Morgan fingerprint density at radius 1 is 1.50 bits per heavy atom. The van der Waals surface area contributed by atoms with Gasteiger partial charge in [0.2, 0.25) is 0 Å². The summed E-state index contributed by atoms with van der Waals surface area (Å²) in [5.41, 5.74) is 2.11. The van der Waals surface area contributed by atoms with E-state index in [0.717, 1.165) is 13.0 Å². The van der Waals surface area contributed by atoms with E-state index in [-0.39, 0.29) is 17.8 Å². The molecule has 0 saturated carbocycles. The van der Waals surface area contributed by atoms with Crippen LogP contribution in [-0.2, 0) is 0 Å². The Balaban J connectivity index is 3.13. The molecule has 0 amide bonds. The van der Waals surface area contributed by atoms with E-state index >= 15 is 0 Å². The van der Waals surface area contributed by atoms with Crippen molar-refractivity contribution in [2.24, 2.45) is 0 Å². The van der Waals surface area contributed by atoms with Gasteiger partial charge >= 0.3 is 0 Å². The molecule has 0 heterocycles. The second-order valence-corrected chi connectivity index (χ2v) is 3.52. The van der Waals surface area contributed by atoms with Crippen molar-refractivity contribution in [1.29, 1.82) is 0 Å². The van der Waals surface area contributed by atoms with Gasteiger partial charge in [-0.1, -0.05) is 23.4 Å². The molecule has 0 aliphatic heterocycles. The Labute approximate surface area is 85.7 Å². The van der Waals surface area contributed by atoms with E-state index in [1.54, 1.807) is 0 Å². The lowest BCUT2D eigenvalue weighted by Crippen LogP contribution is -2.11. The Morgan fingerprint density at radius 2 is 2.14 bits per heavy atom. The highest BCUT2D eigenvalue weighted by Gasteiger charge is 2.25. The summed E-state index contributed by atoms with van der Waals surface area (Å²) < 4.78 is 25.7. The maximum Gasteiger partial charge on any atom is 0.271 e. The fraction of sp³-hybridized carbons (Fsp3) is 0.300. The summed E-state index contributed by atoms with van der Waals surface area (Å²) in [6.45, 7) is 0.775. The minimum absolute atomic E-state index is 0.122. The summed E-state index contributed by atoms with van der Waals surface area (Å²) in [5.74, 6) is -3.11. The van der Waals surface area contributed by atoms with Gasteiger partial charge in [0.1, 0.15) is 5.76 Å². The van der Waals surface area contributed by atoms with E-state index in [1.807, 2.05) is 0 Å². The van der Waals surface area contributed by atoms with Crippen LogP contribution >= 0.6 is 11.6 Å². The van der Waals surface area contributed by atoms with Crippen molar-refractivity contribution < 1.29 is 13.9 Å². The summed E-state index contributed by atoms with van der Waals surface area (Å²) in [6.07, 6.45) is 3.76. The molecule has 1 nitrogen and oxygen atoms in total. The van der Waals surface area contributed by atoms with Crippen LogP contribution in [0.15, 0.2) is 40.3 Å². The molecular weight excluding hydrogens is 210 g/mol. The Bertz CT molecular complexity index is 355. The fourth-order valence-corrected chi connectivity index (χ4v) is 1.12. The minimum Gasteiger partial charge on any atom is -0.504 e. The first-order valence-corrected chi connectivity index (χ1v) is 4.36. The van der Waals surface area contributed by atoms with Gasteiger partial charge in [0.05, 0.1) is 0 Å². The van der Waals surface area contributed by atoms with Gasteiger partial charge in [0, 0.05) is 23.9 Å². The van der Waals surface area contributed by atoms with Gasteiger partial charge in [-0.25, -0.2) is 8.78 Å². The second-order valence-electron chi connectivity index (χ2n) is 3.04. The number of aliphatic hydroxyl groups is 1. The van der Waals surface area contributed by atoms with Crippen LogP contribution in [0.3, 0.4) is 0 Å². The predicted molar refractivity (Wildman–Crippen MR) is 51.5 cm³/mol. The number of hydrogen-bond acceptors (Lipinski definition) is 1. The van der Waals surface area contributed by atoms with Crippen molar-refractivity contribution in [3.63, 3.8) is 0 Å². The maximum atomic E-state index is 12.9. The van der Waals surface area contributed by atoms with Crippen LogP contribution in [0.4, 0.5) is 8.78 Å². The molecule has 0 aromatic rings. The summed E-state index contributed by atoms with van der Waals surface area (Å²) in [5, 5.41) is 9.44. The average molecular weight is 219 g/mol. The van der Waals surface area contributed by atoms with E-state index in [9.17, 15) is 8.78 Å². The van der Waals surface area contributed by atoms with Crippen LogP contribution < -0.4 is 0 Å². The zero-order chi connectivity index (χ0) is 10.8. The van der Waals surface area contributed by atoms with Crippen LogP contribution in [0, 0.1) is 0 Å². The van der Waals surface area contributed by atoms with Crippen molar-refractivity contribution in [2.75, 3.05) is 0 Å². The van der Waals surface area contributed by atoms with Gasteiger partial charge in [0.25, 0.3) is 5.92 Å². The van der Waals surface area contributed by atoms with Gasteiger partial charge in [-0.05, 0) is 12.2 Å². The predicted octanol–water partition coefficient (Wildman–Crippen LogP) is 3.69. The summed E-state index contributed by atoms with van der Waals surface area (Å²) in [7, 11) is 0. The molecule has 1 N–H and O–H groups in total. The Hall–Kier alpha value is -1.05. The quantitative estimate of drug-likeness (QED) is 0.666. The molecule has 0 aromatic heterocycles. The third-order valence-electron chi connectivity index (χ3n) is 1.68. The standard InChI is InChI=1S/C10H9ClF2O/c1-10(12,13)7-2-4-8(11)6-9(14)5-3-7/h2-4,14H,6H2,1H3/b7-2+,8-4+. The van der Waals surface area contributed by atoms with E-state index < -0.39 is 5.92 Å². The number of hydrogen-bond donors (Lipinski definition) is 1. The monoisotopic (exact) mass is 218 g/mol. The largest absolute Gasteiger partial charge is 0.504 e. The van der Waals surface area contributed by atoms with Gasteiger partial charge in [0.15, 0.2) is 0 Å². The topological polar surface area (TPSA) is 20.2 Å². The highest BCUT2D eigenvalue weighted by atomic mass is 35.5. The molecule has 0 fully saturated rings. The number of aliphatic hydroxyl groups excluding tert-OH is 1. The number of allylic oxidation sites excluding steroid dienone is 4. The number of alkyl halides is 2. The minimum atomic E-state index is -2.96. The molecule has 0 unspecified atom stereocenters. The zero-order valence-electron chi connectivity index (χ0n) is 7.52. The van der Waals surface area contributed by atoms with Crippen LogP contribution in [0.2, 0.25) is 0 Å². The van der Waals surface area contributed by atoms with Crippen LogP contribution in [-0.4, -0.2) is 11.0 Å². The lowest BCUT2D eigenvalue weighted by atomic mass is 10.1. The SMILES string of the molecule is CC(F)(F)/C1=C/C=C(/Cl)CC(O)=C=C1. The molecule has 1 aliphatic rings. The second kappa shape index (κ2) is 3.99. The lowest BCUT2D eigenvalue weighted by molar-refractivity contribution is 0.0675. The van der Waals surface area contributed by atoms with Crippen LogP contribution in [0.5, 0.6) is 0 Å². The van der Waals surface area contributed by atoms with E-state index in [0.29, 0.717) is 5.03 Å². The molecule has 1 aliphatic carbocycles. The van der Waals surface area contributed by atoms with Gasteiger partial charge < -0.3 is 5.11 Å². The number of halogens is 3. The summed E-state index contributed by atoms with van der Waals surface area (Å²) >= 11 is 5.64. The highest BCUT2D eigenvalue weighted by molar-refractivity contribution is 6.29. The van der Waals surface area contributed by atoms with Gasteiger partial charge in [-0.15, -0.1) is 0 Å². The van der Waals surface area contributed by atoms with Gasteiger partial charge in [-0.3, -0.25) is 0 Å². The highest BCUT2D eigenvalue weighted by Crippen LogP contribution is 2.26. The molecule has 0 saturated heterocycles. The first kappa shape index (κ1) is 11.0. The Morgan fingerprint density at radius 3 is 2.71 bits per heavy atom. The number of rotatable bonds is 1. The van der Waals surface area contributed by atoms with Crippen molar-refractivity contribution in [1.82, 2.24) is 0 Å². The molecule has 0 bridgehead atoms. The van der Waals surface area contributed by atoms with Crippen LogP contribution in [0.25, 0.3) is 0 Å². The first-order chi connectivity index (χ1) is 6.39. The average Bonchev–Trinajstić information content (AvgIpc) is 1.98. The Kier molecular flexibility index (Phi) is 3.14. The summed E-state index contributed by atoms with van der Waals surface area (Å²) in [6, 6.07) is 0. The molecule has 0 radical (unpaired) electrons. The third-order valence-corrected chi connectivity index (χ3v) is 1.94. The van der Waals surface area contributed by atoms with Crippen molar-refractivity contribution in [3.8, 4) is 0 Å². The molecule has 0 aromatic carbocycles. The van der Waals surface area contributed by atoms with Crippen molar-refractivity contribution in [2.45, 2.75) is 19.3 Å². The lowest BCUT2D eigenvalue weighted by Gasteiger charge is -2.10. The van der Waals surface area contributed by atoms with E-state index in [4.69, 9.17) is 16.7 Å². The molecule has 4 heteroatoms. The molecule has 0 atom stereocenters. The molecule has 1 rings (SSSR count). The van der Waals surface area contributed by atoms with Crippen LogP contribution in [0.1, 0.15) is 13.3 Å². The summed E-state index contributed by atoms with van der Waals surface area (Å²) in [4.78, 5) is 0. The third kappa shape index (κ3) is 3.02. The van der Waals surface area contributed by atoms with E-state index in [2.05, 4.69) is 5.73 Å². The van der Waals surface area contributed by atoms with Crippen molar-refractivity contribution in [3.05, 3.63) is 40.3 Å². The molecule has 76 valence electrons. The smallest absolute Gasteiger partial charge is 0.271 e.